The van der Waals surface area contributed by atoms with Gasteiger partial charge in [0, 0.05) is 26.4 Å². The molecule has 2 saturated heterocycles. The van der Waals surface area contributed by atoms with Crippen LogP contribution in [0.2, 0.25) is 18.1 Å². The molecule has 2 aliphatic rings. The van der Waals surface area contributed by atoms with Crippen molar-refractivity contribution in [3.63, 3.8) is 0 Å². The average molecular weight is 360 g/mol. The van der Waals surface area contributed by atoms with Gasteiger partial charge in [0.05, 0.1) is 18.8 Å². The molecular weight excluding hydrogens is 326 g/mol. The molecule has 140 valence electrons. The Morgan fingerprint density at radius 3 is 2.42 bits per heavy atom. The van der Waals surface area contributed by atoms with Gasteiger partial charge >= 0.3 is 6.09 Å². The van der Waals surface area contributed by atoms with Crippen molar-refractivity contribution >= 4 is 14.4 Å². The third-order valence-electron chi connectivity index (χ3n) is 5.99. The van der Waals surface area contributed by atoms with E-state index in [2.05, 4.69) is 33.9 Å². The lowest BCUT2D eigenvalue weighted by molar-refractivity contribution is -0.128. The summed E-state index contributed by atoms with van der Waals surface area (Å²) in [5, 5.41) is 10.2. The average Bonchev–Trinajstić information content (AvgIpc) is 2.92. The van der Waals surface area contributed by atoms with Crippen LogP contribution < -0.4 is 0 Å². The van der Waals surface area contributed by atoms with E-state index >= 15 is 0 Å². The van der Waals surface area contributed by atoms with E-state index in [0.29, 0.717) is 0 Å². The van der Waals surface area contributed by atoms with E-state index in [0.717, 1.165) is 6.42 Å². The number of ether oxygens (including phenoxy) is 2. The van der Waals surface area contributed by atoms with Gasteiger partial charge in [-0.15, -0.1) is 0 Å². The van der Waals surface area contributed by atoms with E-state index in [4.69, 9.17) is 13.9 Å². The molecule has 2 bridgehead atoms. The highest BCUT2D eigenvalue weighted by Gasteiger charge is 2.66. The van der Waals surface area contributed by atoms with Gasteiger partial charge in [0.1, 0.15) is 6.10 Å². The molecule has 0 aromatic rings. The Bertz CT molecular complexity index is 490. The van der Waals surface area contributed by atoms with Crippen molar-refractivity contribution in [2.45, 2.75) is 76.2 Å². The Labute approximate surface area is 146 Å². The third kappa shape index (κ3) is 3.11. The first-order valence-electron chi connectivity index (χ1n) is 8.70. The molecule has 1 N–H and O–H groups in total. The minimum Gasteiger partial charge on any atom is -0.442 e. The zero-order valence-corrected chi connectivity index (χ0v) is 17.3. The van der Waals surface area contributed by atoms with Gasteiger partial charge in [-0.05, 0) is 18.1 Å². The molecule has 0 radical (unpaired) electrons. The Hall–Kier alpha value is -0.633. The lowest BCUT2D eigenvalue weighted by atomic mass is 9.77. The maximum absolute atomic E-state index is 12.1. The van der Waals surface area contributed by atoms with Crippen molar-refractivity contribution in [2.75, 3.05) is 20.7 Å². The number of rotatable bonds is 4. The van der Waals surface area contributed by atoms with Crippen LogP contribution in [0.4, 0.5) is 4.79 Å². The topological polar surface area (TPSA) is 68.2 Å². The maximum atomic E-state index is 12.1. The van der Waals surface area contributed by atoms with Crippen LogP contribution in [0.25, 0.3) is 0 Å². The van der Waals surface area contributed by atoms with Gasteiger partial charge in [-0.3, -0.25) is 0 Å². The molecule has 0 spiro atoms. The van der Waals surface area contributed by atoms with Gasteiger partial charge in [-0.1, -0.05) is 27.7 Å². The number of hydrogen-bond acceptors (Lipinski definition) is 5. The standard InChI is InChI=1S/C17H33NO5Si/c1-11-12-9-13(23-24(7,8)16(2,3)4)17(10-19,22-12)14(11)21-15(20)18(5)6/h11-14,19H,9-10H2,1-8H3. The highest BCUT2D eigenvalue weighted by atomic mass is 28.4. The molecule has 2 aliphatic heterocycles. The van der Waals surface area contributed by atoms with Gasteiger partial charge in [0.25, 0.3) is 0 Å². The highest BCUT2D eigenvalue weighted by Crippen LogP contribution is 2.52. The van der Waals surface area contributed by atoms with Gasteiger partial charge in [0.2, 0.25) is 0 Å². The molecule has 0 saturated carbocycles. The first-order chi connectivity index (χ1) is 10.9. The largest absolute Gasteiger partial charge is 0.442 e. The Morgan fingerprint density at radius 2 is 1.96 bits per heavy atom. The summed E-state index contributed by atoms with van der Waals surface area (Å²) in [7, 11) is 1.27. The molecule has 2 heterocycles. The first kappa shape index (κ1) is 19.7. The molecule has 2 rings (SSSR count). The second-order valence-corrected chi connectivity index (χ2v) is 13.7. The van der Waals surface area contributed by atoms with Crippen LogP contribution in [0, 0.1) is 5.92 Å². The molecular formula is C17H33NO5Si. The summed E-state index contributed by atoms with van der Waals surface area (Å²) in [6.07, 6.45) is -0.464. The second kappa shape index (κ2) is 6.27. The minimum atomic E-state index is -2.03. The molecule has 0 aromatic carbocycles. The smallest absolute Gasteiger partial charge is 0.409 e. The molecule has 2 fully saturated rings. The predicted molar refractivity (Wildman–Crippen MR) is 94.5 cm³/mol. The summed E-state index contributed by atoms with van der Waals surface area (Å²) in [4.78, 5) is 13.5. The Kier molecular flexibility index (Phi) is 5.14. The van der Waals surface area contributed by atoms with E-state index < -0.39 is 26.1 Å². The highest BCUT2D eigenvalue weighted by molar-refractivity contribution is 6.74. The minimum absolute atomic E-state index is 0.0420. The van der Waals surface area contributed by atoms with Gasteiger partial charge in [0.15, 0.2) is 13.9 Å². The van der Waals surface area contributed by atoms with Crippen LogP contribution in [0.15, 0.2) is 0 Å². The lowest BCUT2D eigenvalue weighted by Gasteiger charge is -2.45. The molecule has 0 aliphatic carbocycles. The maximum Gasteiger partial charge on any atom is 0.409 e. The number of hydrogen-bond donors (Lipinski definition) is 1. The van der Waals surface area contributed by atoms with Crippen LogP contribution in [-0.4, -0.2) is 69.0 Å². The van der Waals surface area contributed by atoms with Crippen LogP contribution >= 0.6 is 0 Å². The van der Waals surface area contributed by atoms with Crippen LogP contribution in [0.3, 0.4) is 0 Å². The molecule has 24 heavy (non-hydrogen) atoms. The quantitative estimate of drug-likeness (QED) is 0.782. The van der Waals surface area contributed by atoms with E-state index in [1.54, 1.807) is 14.1 Å². The fraction of sp³-hybridized carbons (Fsp3) is 0.941. The van der Waals surface area contributed by atoms with E-state index in [1.807, 2.05) is 6.92 Å². The van der Waals surface area contributed by atoms with Gasteiger partial charge in [-0.25, -0.2) is 4.79 Å². The number of carbonyl (C=O) groups excluding carboxylic acids is 1. The van der Waals surface area contributed by atoms with Gasteiger partial charge in [-0.2, -0.15) is 0 Å². The molecule has 6 nitrogen and oxygen atoms in total. The molecule has 5 atom stereocenters. The second-order valence-electron chi connectivity index (χ2n) is 8.93. The fourth-order valence-corrected chi connectivity index (χ4v) is 4.72. The number of aliphatic hydroxyl groups is 1. The number of aliphatic hydroxyl groups excluding tert-OH is 1. The molecule has 1 amide bonds. The summed E-state index contributed by atoms with van der Waals surface area (Å²) in [6, 6.07) is 0. The monoisotopic (exact) mass is 359 g/mol. The van der Waals surface area contributed by atoms with Crippen molar-refractivity contribution in [3.05, 3.63) is 0 Å². The summed E-state index contributed by atoms with van der Waals surface area (Å²) >= 11 is 0. The number of carbonyl (C=O) groups is 1. The first-order valence-corrected chi connectivity index (χ1v) is 11.6. The summed E-state index contributed by atoms with van der Waals surface area (Å²) < 4.78 is 18.4. The SMILES string of the molecule is CC1C2CC(O[Si](C)(C)C(C)(C)C)C(CO)(O2)C1OC(=O)N(C)C. The summed E-state index contributed by atoms with van der Waals surface area (Å²) in [5.41, 5.74) is -0.953. The summed E-state index contributed by atoms with van der Waals surface area (Å²) in [6.45, 7) is 12.7. The van der Waals surface area contributed by atoms with E-state index in [-0.39, 0.29) is 29.8 Å². The van der Waals surface area contributed by atoms with E-state index in [1.165, 1.54) is 4.90 Å². The van der Waals surface area contributed by atoms with Crippen molar-refractivity contribution in [1.29, 1.82) is 0 Å². The van der Waals surface area contributed by atoms with Crippen molar-refractivity contribution in [1.82, 2.24) is 4.90 Å². The van der Waals surface area contributed by atoms with Crippen LogP contribution in [0.1, 0.15) is 34.1 Å². The van der Waals surface area contributed by atoms with Gasteiger partial charge < -0.3 is 23.9 Å². The van der Waals surface area contributed by atoms with Crippen LogP contribution in [-0.2, 0) is 13.9 Å². The zero-order valence-electron chi connectivity index (χ0n) is 16.3. The van der Waals surface area contributed by atoms with Crippen molar-refractivity contribution in [2.24, 2.45) is 5.92 Å². The molecule has 5 unspecified atom stereocenters. The van der Waals surface area contributed by atoms with Crippen molar-refractivity contribution in [3.8, 4) is 0 Å². The fourth-order valence-electron chi connectivity index (χ4n) is 3.36. The Balaban J connectivity index is 2.25. The number of amides is 1. The molecule has 0 aromatic heterocycles. The van der Waals surface area contributed by atoms with E-state index in [9.17, 15) is 9.90 Å². The van der Waals surface area contributed by atoms with Crippen molar-refractivity contribution < 1.29 is 23.8 Å². The zero-order chi connectivity index (χ0) is 18.5. The summed E-state index contributed by atoms with van der Waals surface area (Å²) in [5.74, 6) is 0.0420. The predicted octanol–water partition coefficient (Wildman–Crippen LogP) is 2.61. The third-order valence-corrected chi connectivity index (χ3v) is 10.5. The normalized spacial score (nSPS) is 36.0. The molecule has 7 heteroatoms. The number of nitrogens with zero attached hydrogens (tertiary/aromatic N) is 1. The lowest BCUT2D eigenvalue weighted by Crippen LogP contribution is -2.60. The Morgan fingerprint density at radius 1 is 1.38 bits per heavy atom. The van der Waals surface area contributed by atoms with Crippen LogP contribution in [0.5, 0.6) is 0 Å². The number of fused-ring (bicyclic) bond motifs is 2.